The van der Waals surface area contributed by atoms with Crippen molar-refractivity contribution in [1.82, 2.24) is 0 Å². The van der Waals surface area contributed by atoms with Gasteiger partial charge in [0.05, 0.1) is 0 Å². The average Bonchev–Trinajstić information content (AvgIpc) is 2.33. The molecule has 0 unspecified atom stereocenters. The summed E-state index contributed by atoms with van der Waals surface area (Å²) in [6.07, 6.45) is 5.37. The Kier molecular flexibility index (Phi) is 4.03. The number of hydrogen-bond acceptors (Lipinski definition) is 1. The van der Waals surface area contributed by atoms with Crippen molar-refractivity contribution < 1.29 is 4.39 Å². The number of nitrogens with one attached hydrogen (secondary N) is 1. The number of hydrogen-bond donors (Lipinski definition) is 1. The van der Waals surface area contributed by atoms with Crippen LogP contribution < -0.4 is 5.32 Å². The molecule has 1 saturated carbocycles. The second-order valence-electron chi connectivity index (χ2n) is 5.47. The van der Waals surface area contributed by atoms with Crippen molar-refractivity contribution in [1.29, 1.82) is 0 Å². The van der Waals surface area contributed by atoms with Gasteiger partial charge in [-0.15, -0.1) is 0 Å². The maximum absolute atomic E-state index is 13.1. The van der Waals surface area contributed by atoms with Crippen molar-refractivity contribution in [2.24, 2.45) is 11.8 Å². The molecule has 1 nitrogen and oxygen atoms in total. The lowest BCUT2D eigenvalue weighted by atomic mass is 9.83. The van der Waals surface area contributed by atoms with Gasteiger partial charge in [0.2, 0.25) is 0 Å². The van der Waals surface area contributed by atoms with Gasteiger partial charge in [0.25, 0.3) is 0 Å². The summed E-state index contributed by atoms with van der Waals surface area (Å²) in [6, 6.07) is 5.26. The number of halogens is 1. The summed E-state index contributed by atoms with van der Waals surface area (Å²) in [5.74, 6) is 1.57. The molecule has 0 amide bonds. The topological polar surface area (TPSA) is 12.0 Å². The van der Waals surface area contributed by atoms with E-state index < -0.39 is 0 Å². The van der Waals surface area contributed by atoms with E-state index in [-0.39, 0.29) is 5.82 Å². The summed E-state index contributed by atoms with van der Waals surface area (Å²) in [5, 5.41) is 3.43. The third-order valence-corrected chi connectivity index (χ3v) is 3.89. The van der Waals surface area contributed by atoms with Gasteiger partial charge in [-0.2, -0.15) is 0 Å². The molecule has 0 bridgehead atoms. The molecule has 0 heterocycles. The fourth-order valence-electron chi connectivity index (χ4n) is 2.55. The maximum Gasteiger partial charge on any atom is 0.126 e. The summed E-state index contributed by atoms with van der Waals surface area (Å²) >= 11 is 0. The normalized spacial score (nSPS) is 24.6. The predicted molar refractivity (Wildman–Crippen MR) is 70.7 cm³/mol. The second-order valence-corrected chi connectivity index (χ2v) is 5.47. The quantitative estimate of drug-likeness (QED) is 0.820. The first-order valence-corrected chi connectivity index (χ1v) is 6.65. The van der Waals surface area contributed by atoms with Gasteiger partial charge in [0, 0.05) is 12.2 Å². The van der Waals surface area contributed by atoms with E-state index in [2.05, 4.69) is 12.2 Å². The number of anilines is 1. The molecule has 1 fully saturated rings. The molecule has 0 atom stereocenters. The molecule has 2 rings (SSSR count). The lowest BCUT2D eigenvalue weighted by molar-refractivity contribution is 0.300. The van der Waals surface area contributed by atoms with Crippen LogP contribution in [0.2, 0.25) is 0 Å². The van der Waals surface area contributed by atoms with Crippen molar-refractivity contribution in [2.45, 2.75) is 39.5 Å². The van der Waals surface area contributed by atoms with Crippen molar-refractivity contribution >= 4 is 5.69 Å². The highest BCUT2D eigenvalue weighted by Gasteiger charge is 2.17. The fourth-order valence-corrected chi connectivity index (χ4v) is 2.55. The highest BCUT2D eigenvalue weighted by molar-refractivity contribution is 5.45. The minimum Gasteiger partial charge on any atom is -0.385 e. The van der Waals surface area contributed by atoms with Gasteiger partial charge >= 0.3 is 0 Å². The van der Waals surface area contributed by atoms with Crippen LogP contribution >= 0.6 is 0 Å². The van der Waals surface area contributed by atoms with E-state index in [4.69, 9.17) is 0 Å². The van der Waals surface area contributed by atoms with Crippen LogP contribution in [0.4, 0.5) is 10.1 Å². The van der Waals surface area contributed by atoms with Gasteiger partial charge < -0.3 is 5.32 Å². The Bertz CT molecular complexity index is 367. The van der Waals surface area contributed by atoms with E-state index in [1.807, 2.05) is 19.1 Å². The summed E-state index contributed by atoms with van der Waals surface area (Å²) in [7, 11) is 0. The molecule has 17 heavy (non-hydrogen) atoms. The highest BCUT2D eigenvalue weighted by atomic mass is 19.1. The smallest absolute Gasteiger partial charge is 0.126 e. The highest BCUT2D eigenvalue weighted by Crippen LogP contribution is 2.28. The summed E-state index contributed by atoms with van der Waals surface area (Å²) in [6.45, 7) is 5.17. The van der Waals surface area contributed by atoms with Crippen molar-refractivity contribution in [3.8, 4) is 0 Å². The van der Waals surface area contributed by atoms with Crippen LogP contribution in [0.15, 0.2) is 18.2 Å². The van der Waals surface area contributed by atoms with E-state index in [0.29, 0.717) is 5.56 Å². The first-order valence-electron chi connectivity index (χ1n) is 6.65. The number of benzene rings is 1. The lowest BCUT2D eigenvalue weighted by Gasteiger charge is -2.26. The average molecular weight is 235 g/mol. The molecule has 2 heteroatoms. The first kappa shape index (κ1) is 12.4. The molecule has 1 aromatic rings. The van der Waals surface area contributed by atoms with Gasteiger partial charge in [-0.3, -0.25) is 0 Å². The minimum atomic E-state index is -0.123. The summed E-state index contributed by atoms with van der Waals surface area (Å²) in [4.78, 5) is 0. The first-order chi connectivity index (χ1) is 8.15. The zero-order chi connectivity index (χ0) is 12.3. The van der Waals surface area contributed by atoms with Gasteiger partial charge in [-0.25, -0.2) is 4.39 Å². The Morgan fingerprint density at radius 2 is 1.94 bits per heavy atom. The van der Waals surface area contributed by atoms with E-state index in [1.54, 1.807) is 6.07 Å². The van der Waals surface area contributed by atoms with Crippen molar-refractivity contribution in [2.75, 3.05) is 11.9 Å². The number of rotatable bonds is 3. The fraction of sp³-hybridized carbons (Fsp3) is 0.600. The Hall–Kier alpha value is -1.05. The number of aryl methyl sites for hydroxylation is 1. The zero-order valence-corrected chi connectivity index (χ0v) is 10.8. The molecule has 1 N–H and O–H groups in total. The van der Waals surface area contributed by atoms with E-state index in [1.165, 1.54) is 25.7 Å². The molecular weight excluding hydrogens is 213 g/mol. The van der Waals surface area contributed by atoms with Crippen LogP contribution in [-0.2, 0) is 0 Å². The van der Waals surface area contributed by atoms with Gasteiger partial charge in [0.15, 0.2) is 0 Å². The Balaban J connectivity index is 1.83. The minimum absolute atomic E-state index is 0.123. The molecule has 94 valence electrons. The summed E-state index contributed by atoms with van der Waals surface area (Å²) in [5.41, 5.74) is 1.76. The second kappa shape index (κ2) is 5.52. The Morgan fingerprint density at radius 1 is 1.24 bits per heavy atom. The van der Waals surface area contributed by atoms with E-state index in [9.17, 15) is 4.39 Å². The van der Waals surface area contributed by atoms with Crippen LogP contribution in [0, 0.1) is 24.6 Å². The molecule has 1 aromatic carbocycles. The van der Waals surface area contributed by atoms with Gasteiger partial charge in [-0.05, 0) is 55.4 Å². The zero-order valence-electron chi connectivity index (χ0n) is 10.8. The Morgan fingerprint density at radius 3 is 2.59 bits per heavy atom. The molecule has 0 spiro atoms. The molecule has 1 aliphatic carbocycles. The van der Waals surface area contributed by atoms with Gasteiger partial charge in [0.1, 0.15) is 5.82 Å². The van der Waals surface area contributed by atoms with Crippen LogP contribution in [0.1, 0.15) is 38.2 Å². The molecule has 1 aliphatic rings. The third-order valence-electron chi connectivity index (χ3n) is 3.89. The predicted octanol–water partition coefficient (Wildman–Crippen LogP) is 4.37. The molecular formula is C15H22FN. The largest absolute Gasteiger partial charge is 0.385 e. The van der Waals surface area contributed by atoms with Crippen LogP contribution in [0.5, 0.6) is 0 Å². The Labute approximate surface area is 103 Å². The van der Waals surface area contributed by atoms with Crippen molar-refractivity contribution in [3.05, 3.63) is 29.6 Å². The third kappa shape index (κ3) is 3.45. The lowest BCUT2D eigenvalue weighted by Crippen LogP contribution is -2.20. The molecule has 0 aliphatic heterocycles. The molecule has 0 radical (unpaired) electrons. The SMILES string of the molecule is Cc1cc(NCC2CCC(C)CC2)ccc1F. The van der Waals surface area contributed by atoms with Crippen LogP contribution in [-0.4, -0.2) is 6.54 Å². The maximum atomic E-state index is 13.1. The molecule has 0 saturated heterocycles. The van der Waals surface area contributed by atoms with E-state index in [0.717, 1.165) is 24.1 Å². The summed E-state index contributed by atoms with van der Waals surface area (Å²) < 4.78 is 13.1. The standard InChI is InChI=1S/C15H22FN/c1-11-3-5-13(6-4-11)10-17-14-7-8-15(16)12(2)9-14/h7-9,11,13,17H,3-6,10H2,1-2H3. The van der Waals surface area contributed by atoms with Crippen molar-refractivity contribution in [3.63, 3.8) is 0 Å². The molecule has 0 aromatic heterocycles. The van der Waals surface area contributed by atoms with Gasteiger partial charge in [-0.1, -0.05) is 19.8 Å². The van der Waals surface area contributed by atoms with Crippen LogP contribution in [0.3, 0.4) is 0 Å². The van der Waals surface area contributed by atoms with Crippen LogP contribution in [0.25, 0.3) is 0 Å². The monoisotopic (exact) mass is 235 g/mol. The van der Waals surface area contributed by atoms with E-state index >= 15 is 0 Å².